The van der Waals surface area contributed by atoms with Crippen molar-refractivity contribution in [1.29, 1.82) is 0 Å². The fourth-order valence-corrected chi connectivity index (χ4v) is 2.63. The highest BCUT2D eigenvalue weighted by atomic mass is 19.1. The molecule has 1 saturated heterocycles. The quantitative estimate of drug-likeness (QED) is 0.855. The minimum absolute atomic E-state index is 0.0388. The average Bonchev–Trinajstić information content (AvgIpc) is 2.47. The largest absolute Gasteiger partial charge is 0.465 e. The molecule has 1 fully saturated rings. The molecule has 1 heterocycles. The summed E-state index contributed by atoms with van der Waals surface area (Å²) in [6.07, 6.45) is 2.09. The Labute approximate surface area is 118 Å². The van der Waals surface area contributed by atoms with E-state index in [-0.39, 0.29) is 12.2 Å². The molecule has 1 unspecified atom stereocenters. The van der Waals surface area contributed by atoms with Gasteiger partial charge in [-0.25, -0.2) is 9.18 Å². The van der Waals surface area contributed by atoms with Crippen LogP contribution in [0.15, 0.2) is 18.2 Å². The van der Waals surface area contributed by atoms with Crippen molar-refractivity contribution in [3.63, 3.8) is 0 Å². The second-order valence-corrected chi connectivity index (χ2v) is 5.23. The van der Waals surface area contributed by atoms with Crippen LogP contribution in [0.25, 0.3) is 0 Å². The van der Waals surface area contributed by atoms with Gasteiger partial charge in [0.1, 0.15) is 5.82 Å². The number of methoxy groups -OCH3 is 1. The van der Waals surface area contributed by atoms with Gasteiger partial charge >= 0.3 is 5.97 Å². The molecule has 2 rings (SSSR count). The van der Waals surface area contributed by atoms with Gasteiger partial charge in [-0.15, -0.1) is 0 Å². The highest BCUT2D eigenvalue weighted by Gasteiger charge is 2.20. The first kappa shape index (κ1) is 14.9. The molecular formula is C15H20FNO3. The second kappa shape index (κ2) is 6.81. The third kappa shape index (κ3) is 3.55. The summed E-state index contributed by atoms with van der Waals surface area (Å²) in [5, 5.41) is 9.21. The van der Waals surface area contributed by atoms with Crippen LogP contribution < -0.4 is 0 Å². The molecule has 0 bridgehead atoms. The zero-order valence-corrected chi connectivity index (χ0v) is 11.6. The first-order valence-electron chi connectivity index (χ1n) is 6.84. The summed E-state index contributed by atoms with van der Waals surface area (Å²) < 4.78 is 18.3. The molecule has 110 valence electrons. The number of nitrogens with zero attached hydrogens (tertiary/aromatic N) is 1. The molecule has 4 nitrogen and oxygen atoms in total. The number of rotatable bonds is 4. The molecule has 1 N–H and O–H groups in total. The Bertz CT molecular complexity index is 478. The number of likely N-dealkylation sites (tertiary alicyclic amines) is 1. The maximum absolute atomic E-state index is 13.8. The van der Waals surface area contributed by atoms with E-state index in [4.69, 9.17) is 0 Å². The first-order chi connectivity index (χ1) is 9.63. The Hall–Kier alpha value is -1.46. The number of benzene rings is 1. The summed E-state index contributed by atoms with van der Waals surface area (Å²) in [5.41, 5.74) is 0.789. The van der Waals surface area contributed by atoms with Crippen molar-refractivity contribution in [3.05, 3.63) is 35.1 Å². The number of esters is 1. The number of carbonyl (C=O) groups is 1. The number of aliphatic hydroxyl groups excluding tert-OH is 1. The number of halogens is 1. The molecule has 0 saturated carbocycles. The second-order valence-electron chi connectivity index (χ2n) is 5.23. The lowest BCUT2D eigenvalue weighted by molar-refractivity contribution is 0.0595. The number of hydrogen-bond donors (Lipinski definition) is 1. The lowest BCUT2D eigenvalue weighted by atomic mass is 9.98. The van der Waals surface area contributed by atoms with Crippen molar-refractivity contribution in [2.24, 2.45) is 5.92 Å². The zero-order chi connectivity index (χ0) is 14.5. The minimum Gasteiger partial charge on any atom is -0.465 e. The molecular weight excluding hydrogens is 261 g/mol. The summed E-state index contributed by atoms with van der Waals surface area (Å²) in [7, 11) is 1.23. The predicted molar refractivity (Wildman–Crippen MR) is 72.8 cm³/mol. The fraction of sp³-hybridized carbons (Fsp3) is 0.533. The van der Waals surface area contributed by atoms with E-state index in [0.29, 0.717) is 12.5 Å². The first-order valence-corrected chi connectivity index (χ1v) is 6.84. The van der Waals surface area contributed by atoms with Crippen LogP contribution in [0.1, 0.15) is 28.8 Å². The summed E-state index contributed by atoms with van der Waals surface area (Å²) in [6, 6.07) is 4.59. The van der Waals surface area contributed by atoms with Gasteiger partial charge in [-0.1, -0.05) is 6.07 Å². The molecule has 0 spiro atoms. The SMILES string of the molecule is COC(=O)c1ccc(CN2CCCC(CO)C2)cc1F. The lowest BCUT2D eigenvalue weighted by Crippen LogP contribution is -2.36. The number of carbonyl (C=O) groups excluding carboxylic acids is 1. The van der Waals surface area contributed by atoms with Gasteiger partial charge in [-0.05, 0) is 43.0 Å². The van der Waals surface area contributed by atoms with E-state index in [0.717, 1.165) is 31.5 Å². The molecule has 1 aliphatic heterocycles. The maximum atomic E-state index is 13.8. The van der Waals surface area contributed by atoms with E-state index in [9.17, 15) is 14.3 Å². The molecule has 0 radical (unpaired) electrons. The van der Waals surface area contributed by atoms with Crippen molar-refractivity contribution in [2.75, 3.05) is 26.8 Å². The van der Waals surface area contributed by atoms with Crippen molar-refractivity contribution in [3.8, 4) is 0 Å². The van der Waals surface area contributed by atoms with Crippen molar-refractivity contribution >= 4 is 5.97 Å². The maximum Gasteiger partial charge on any atom is 0.340 e. The molecule has 0 amide bonds. The summed E-state index contributed by atoms with van der Waals surface area (Å²) in [6.45, 7) is 2.62. The molecule has 1 aliphatic rings. The van der Waals surface area contributed by atoms with E-state index in [2.05, 4.69) is 9.64 Å². The summed E-state index contributed by atoms with van der Waals surface area (Å²) >= 11 is 0. The number of ether oxygens (including phenoxy) is 1. The normalized spacial score (nSPS) is 19.9. The minimum atomic E-state index is -0.660. The van der Waals surface area contributed by atoms with Gasteiger partial charge in [0.25, 0.3) is 0 Å². The molecule has 0 aromatic heterocycles. The average molecular weight is 281 g/mol. The van der Waals surface area contributed by atoms with Gasteiger partial charge in [0, 0.05) is 19.7 Å². The lowest BCUT2D eigenvalue weighted by Gasteiger charge is -2.31. The van der Waals surface area contributed by atoms with Crippen LogP contribution in [0.5, 0.6) is 0 Å². The van der Waals surface area contributed by atoms with Crippen LogP contribution in [-0.2, 0) is 11.3 Å². The Morgan fingerprint density at radius 2 is 2.35 bits per heavy atom. The van der Waals surface area contributed by atoms with E-state index >= 15 is 0 Å². The smallest absolute Gasteiger partial charge is 0.340 e. The molecule has 5 heteroatoms. The van der Waals surface area contributed by atoms with E-state index in [1.54, 1.807) is 6.07 Å². The summed E-state index contributed by atoms with van der Waals surface area (Å²) in [4.78, 5) is 13.5. The van der Waals surface area contributed by atoms with Crippen LogP contribution in [0, 0.1) is 11.7 Å². The molecule has 20 heavy (non-hydrogen) atoms. The van der Waals surface area contributed by atoms with Gasteiger partial charge in [0.2, 0.25) is 0 Å². The van der Waals surface area contributed by atoms with E-state index < -0.39 is 11.8 Å². The van der Waals surface area contributed by atoms with Gasteiger partial charge < -0.3 is 9.84 Å². The van der Waals surface area contributed by atoms with E-state index in [1.165, 1.54) is 19.2 Å². The predicted octanol–water partition coefficient (Wildman–Crippen LogP) is 1.82. The molecule has 1 atom stereocenters. The van der Waals surface area contributed by atoms with Crippen LogP contribution in [-0.4, -0.2) is 42.8 Å². The molecule has 0 aliphatic carbocycles. The highest BCUT2D eigenvalue weighted by Crippen LogP contribution is 2.19. The molecule has 1 aromatic rings. The Kier molecular flexibility index (Phi) is 5.09. The zero-order valence-electron chi connectivity index (χ0n) is 11.6. The van der Waals surface area contributed by atoms with Crippen molar-refractivity contribution in [2.45, 2.75) is 19.4 Å². The van der Waals surface area contributed by atoms with Gasteiger partial charge in [-0.2, -0.15) is 0 Å². The van der Waals surface area contributed by atoms with Crippen LogP contribution >= 0.6 is 0 Å². The fourth-order valence-electron chi connectivity index (χ4n) is 2.63. The Morgan fingerprint density at radius 3 is 3.00 bits per heavy atom. The monoisotopic (exact) mass is 281 g/mol. The van der Waals surface area contributed by atoms with Crippen LogP contribution in [0.3, 0.4) is 0 Å². The third-order valence-corrected chi connectivity index (χ3v) is 3.71. The van der Waals surface area contributed by atoms with Crippen molar-refractivity contribution < 1.29 is 19.0 Å². The van der Waals surface area contributed by atoms with Crippen LogP contribution in [0.4, 0.5) is 4.39 Å². The number of aliphatic hydroxyl groups is 1. The third-order valence-electron chi connectivity index (χ3n) is 3.71. The topological polar surface area (TPSA) is 49.8 Å². The van der Waals surface area contributed by atoms with E-state index in [1.807, 2.05) is 0 Å². The number of piperidine rings is 1. The van der Waals surface area contributed by atoms with Crippen molar-refractivity contribution in [1.82, 2.24) is 4.90 Å². The molecule has 1 aromatic carbocycles. The standard InChI is InChI=1S/C15H20FNO3/c1-20-15(19)13-5-4-11(7-14(13)16)8-17-6-2-3-12(9-17)10-18/h4-5,7,12,18H,2-3,6,8-10H2,1H3. The summed E-state index contributed by atoms with van der Waals surface area (Å²) in [5.74, 6) is -0.902. The van der Waals surface area contributed by atoms with Gasteiger partial charge in [-0.3, -0.25) is 4.90 Å². The Morgan fingerprint density at radius 1 is 1.55 bits per heavy atom. The highest BCUT2D eigenvalue weighted by molar-refractivity contribution is 5.89. The van der Waals surface area contributed by atoms with Gasteiger partial charge in [0.15, 0.2) is 0 Å². The van der Waals surface area contributed by atoms with Gasteiger partial charge in [0.05, 0.1) is 12.7 Å². The van der Waals surface area contributed by atoms with Crippen LogP contribution in [0.2, 0.25) is 0 Å². The Balaban J connectivity index is 2.03. The number of hydrogen-bond acceptors (Lipinski definition) is 4.